The minimum Gasteiger partial charge on any atom is -0.462 e. The molecule has 0 atom stereocenters. The lowest BCUT2D eigenvalue weighted by Crippen LogP contribution is -2.01. The summed E-state index contributed by atoms with van der Waals surface area (Å²) < 4.78 is 7.20. The molecule has 2 rings (SSSR count). The molecule has 0 aromatic carbocycles. The minimum atomic E-state index is -0.235. The van der Waals surface area contributed by atoms with Gasteiger partial charge in [0.25, 0.3) is 0 Å². The maximum Gasteiger partial charge on any atom is 0.348 e. The molecule has 78 valence electrons. The van der Waals surface area contributed by atoms with E-state index in [0.717, 1.165) is 15.0 Å². The molecule has 0 radical (unpaired) electrons. The molecular formula is C11H10O2S2. The molecule has 0 bridgehead atoms. The fourth-order valence-electron chi connectivity index (χ4n) is 1.29. The Morgan fingerprint density at radius 3 is 3.13 bits per heavy atom. The smallest absolute Gasteiger partial charge is 0.348 e. The molecule has 0 N–H and O–H groups in total. The largest absolute Gasteiger partial charge is 0.462 e. The summed E-state index contributed by atoms with van der Waals surface area (Å²) in [4.78, 5) is 12.1. The van der Waals surface area contributed by atoms with E-state index in [2.05, 4.69) is 6.58 Å². The Morgan fingerprint density at radius 2 is 2.47 bits per heavy atom. The van der Waals surface area contributed by atoms with E-state index in [0.29, 0.717) is 11.5 Å². The van der Waals surface area contributed by atoms with Crippen molar-refractivity contribution in [2.75, 3.05) is 6.61 Å². The summed E-state index contributed by atoms with van der Waals surface area (Å²) >= 11 is 3.09. The van der Waals surface area contributed by atoms with Crippen LogP contribution in [-0.4, -0.2) is 12.6 Å². The highest BCUT2D eigenvalue weighted by atomic mass is 32.1. The maximum absolute atomic E-state index is 11.5. The van der Waals surface area contributed by atoms with Gasteiger partial charge < -0.3 is 4.74 Å². The van der Waals surface area contributed by atoms with Crippen molar-refractivity contribution in [2.24, 2.45) is 0 Å². The zero-order valence-electron chi connectivity index (χ0n) is 8.28. The van der Waals surface area contributed by atoms with Crippen molar-refractivity contribution in [3.63, 3.8) is 0 Å². The van der Waals surface area contributed by atoms with Gasteiger partial charge in [-0.05, 0) is 13.0 Å². The number of ether oxygens (including phenoxy) is 1. The van der Waals surface area contributed by atoms with E-state index in [-0.39, 0.29) is 5.97 Å². The van der Waals surface area contributed by atoms with E-state index in [9.17, 15) is 4.79 Å². The van der Waals surface area contributed by atoms with Gasteiger partial charge in [0.1, 0.15) is 4.88 Å². The van der Waals surface area contributed by atoms with Crippen molar-refractivity contribution >= 4 is 44.1 Å². The van der Waals surface area contributed by atoms with Crippen molar-refractivity contribution in [3.8, 4) is 0 Å². The normalized spacial score (nSPS) is 10.5. The van der Waals surface area contributed by atoms with Crippen LogP contribution in [0.5, 0.6) is 0 Å². The molecule has 2 aromatic rings. The van der Waals surface area contributed by atoms with Crippen LogP contribution in [0.25, 0.3) is 15.5 Å². The van der Waals surface area contributed by atoms with Crippen LogP contribution < -0.4 is 0 Å². The van der Waals surface area contributed by atoms with Crippen LogP contribution in [0.1, 0.15) is 22.2 Å². The van der Waals surface area contributed by atoms with Gasteiger partial charge >= 0.3 is 5.97 Å². The lowest BCUT2D eigenvalue weighted by Gasteiger charge is -1.96. The van der Waals surface area contributed by atoms with Crippen LogP contribution in [0, 0.1) is 0 Å². The maximum atomic E-state index is 11.5. The van der Waals surface area contributed by atoms with Gasteiger partial charge in [-0.1, -0.05) is 12.7 Å². The lowest BCUT2D eigenvalue weighted by atomic mass is 10.3. The minimum absolute atomic E-state index is 0.235. The highest BCUT2D eigenvalue weighted by molar-refractivity contribution is 7.28. The van der Waals surface area contributed by atoms with Crippen molar-refractivity contribution in [1.29, 1.82) is 0 Å². The van der Waals surface area contributed by atoms with Gasteiger partial charge in [-0.2, -0.15) is 0 Å². The summed E-state index contributed by atoms with van der Waals surface area (Å²) in [6.07, 6.45) is 1.81. The molecular weight excluding hydrogens is 228 g/mol. The van der Waals surface area contributed by atoms with Crippen LogP contribution in [0.2, 0.25) is 0 Å². The first-order chi connectivity index (χ1) is 7.26. The van der Waals surface area contributed by atoms with Crippen molar-refractivity contribution in [1.82, 2.24) is 0 Å². The van der Waals surface area contributed by atoms with Crippen LogP contribution in [0.3, 0.4) is 0 Å². The molecule has 0 aliphatic rings. The highest BCUT2D eigenvalue weighted by Crippen LogP contribution is 2.34. The average molecular weight is 238 g/mol. The summed E-state index contributed by atoms with van der Waals surface area (Å²) in [7, 11) is 0. The van der Waals surface area contributed by atoms with Gasteiger partial charge in [-0.25, -0.2) is 4.79 Å². The fraction of sp³-hybridized carbons (Fsp3) is 0.182. The fourth-order valence-corrected chi connectivity index (χ4v) is 3.54. The number of thiophene rings is 2. The first-order valence-corrected chi connectivity index (χ1v) is 6.26. The number of carbonyl (C=O) groups excluding carboxylic acids is 1. The average Bonchev–Trinajstić information content (AvgIpc) is 2.76. The van der Waals surface area contributed by atoms with Gasteiger partial charge in [-0.15, -0.1) is 22.7 Å². The lowest BCUT2D eigenvalue weighted by molar-refractivity contribution is 0.0532. The van der Waals surface area contributed by atoms with E-state index < -0.39 is 0 Å². The summed E-state index contributed by atoms with van der Waals surface area (Å²) in [6, 6.07) is 1.88. The molecule has 15 heavy (non-hydrogen) atoms. The van der Waals surface area contributed by atoms with Crippen LogP contribution >= 0.6 is 22.7 Å². The van der Waals surface area contributed by atoms with Gasteiger partial charge in [0, 0.05) is 15.6 Å². The van der Waals surface area contributed by atoms with Gasteiger partial charge in [0.15, 0.2) is 0 Å². The Morgan fingerprint density at radius 1 is 1.67 bits per heavy atom. The Labute approximate surface area is 95.8 Å². The Bertz CT molecular complexity index is 508. The molecule has 0 saturated heterocycles. The third-order valence-corrected chi connectivity index (χ3v) is 4.21. The van der Waals surface area contributed by atoms with Gasteiger partial charge in [-0.3, -0.25) is 0 Å². The first-order valence-electron chi connectivity index (χ1n) is 4.57. The molecule has 0 amide bonds. The number of hydrogen-bond acceptors (Lipinski definition) is 4. The second-order valence-electron chi connectivity index (χ2n) is 2.92. The van der Waals surface area contributed by atoms with Crippen LogP contribution in [0.15, 0.2) is 18.0 Å². The molecule has 2 nitrogen and oxygen atoms in total. The SMILES string of the molecule is C=Cc1csc2cc(C(=O)OCC)sc12. The predicted molar refractivity (Wildman–Crippen MR) is 65.7 cm³/mol. The quantitative estimate of drug-likeness (QED) is 0.761. The standard InChI is InChI=1S/C11H10O2S2/c1-3-7-6-14-8-5-9(15-10(7)8)11(12)13-4-2/h3,5-6H,1,4H2,2H3. The summed E-state index contributed by atoms with van der Waals surface area (Å²) in [6.45, 7) is 5.96. The molecule has 2 aromatic heterocycles. The van der Waals surface area contributed by atoms with Crippen LogP contribution in [-0.2, 0) is 4.74 Å². The monoisotopic (exact) mass is 238 g/mol. The Balaban J connectivity index is 2.43. The summed E-state index contributed by atoms with van der Waals surface area (Å²) in [5.41, 5.74) is 1.09. The van der Waals surface area contributed by atoms with E-state index in [4.69, 9.17) is 4.74 Å². The molecule has 0 aliphatic carbocycles. The third kappa shape index (κ3) is 1.82. The van der Waals surface area contributed by atoms with E-state index in [1.54, 1.807) is 11.3 Å². The third-order valence-electron chi connectivity index (χ3n) is 1.97. The topological polar surface area (TPSA) is 26.3 Å². The molecule has 2 heterocycles. The number of rotatable bonds is 3. The zero-order valence-corrected chi connectivity index (χ0v) is 9.91. The Hall–Kier alpha value is -1.13. The number of fused-ring (bicyclic) bond motifs is 1. The van der Waals surface area contributed by atoms with E-state index >= 15 is 0 Å². The van der Waals surface area contributed by atoms with E-state index in [1.807, 2.05) is 24.4 Å². The molecule has 0 unspecified atom stereocenters. The number of carbonyl (C=O) groups is 1. The number of hydrogen-bond donors (Lipinski definition) is 0. The van der Waals surface area contributed by atoms with Gasteiger partial charge in [0.2, 0.25) is 0 Å². The molecule has 0 fully saturated rings. The summed E-state index contributed by atoms with van der Waals surface area (Å²) in [5.74, 6) is -0.235. The first kappa shape index (κ1) is 10.4. The number of esters is 1. The second-order valence-corrected chi connectivity index (χ2v) is 4.88. The molecule has 4 heteroatoms. The summed E-state index contributed by atoms with van der Waals surface area (Å²) in [5, 5.41) is 2.04. The molecule has 0 saturated carbocycles. The molecule has 0 spiro atoms. The molecule has 0 aliphatic heterocycles. The zero-order chi connectivity index (χ0) is 10.8. The van der Waals surface area contributed by atoms with Crippen molar-refractivity contribution < 1.29 is 9.53 Å². The van der Waals surface area contributed by atoms with Crippen molar-refractivity contribution in [2.45, 2.75) is 6.92 Å². The van der Waals surface area contributed by atoms with E-state index in [1.165, 1.54) is 11.3 Å². The van der Waals surface area contributed by atoms with Crippen LogP contribution in [0.4, 0.5) is 0 Å². The van der Waals surface area contributed by atoms with Gasteiger partial charge in [0.05, 0.1) is 11.3 Å². The second kappa shape index (κ2) is 4.16. The van der Waals surface area contributed by atoms with Crippen molar-refractivity contribution in [3.05, 3.63) is 28.5 Å². The Kier molecular flexibility index (Phi) is 2.88. The predicted octanol–water partition coefficient (Wildman–Crippen LogP) is 3.78. The highest BCUT2D eigenvalue weighted by Gasteiger charge is 2.13.